The minimum absolute atomic E-state index is 0.0104. The van der Waals surface area contributed by atoms with Gasteiger partial charge in [-0.15, -0.1) is 4.40 Å². The van der Waals surface area contributed by atoms with Gasteiger partial charge >= 0.3 is 6.18 Å². The summed E-state index contributed by atoms with van der Waals surface area (Å²) in [6, 6.07) is 3.62. The molecule has 0 radical (unpaired) electrons. The number of likely N-dealkylation sites (tertiary alicyclic amines) is 1. The van der Waals surface area contributed by atoms with Crippen LogP contribution in [0.4, 0.5) is 13.2 Å². The second-order valence-electron chi connectivity index (χ2n) is 7.91. The Kier molecular flexibility index (Phi) is 6.04. The molecule has 33 heavy (non-hydrogen) atoms. The summed E-state index contributed by atoms with van der Waals surface area (Å²) in [6.45, 7) is 0.555. The molecule has 0 bridgehead atoms. The lowest BCUT2D eigenvalue weighted by molar-refractivity contribution is -0.137. The molecule has 2 amide bonds. The molecule has 3 aliphatic rings. The van der Waals surface area contributed by atoms with Gasteiger partial charge in [0.25, 0.3) is 15.9 Å². The number of nitrogens with zero attached hydrogens (tertiary/aromatic N) is 3. The predicted octanol–water partition coefficient (Wildman–Crippen LogP) is 1.98. The van der Waals surface area contributed by atoms with Crippen LogP contribution in [0.5, 0.6) is 0 Å². The van der Waals surface area contributed by atoms with E-state index in [1.807, 2.05) is 0 Å². The molecule has 0 spiro atoms. The number of hydrogen-bond donors (Lipinski definition) is 1. The highest BCUT2D eigenvalue weighted by atomic mass is 32.2. The topological polar surface area (TPSA) is 99.1 Å². The van der Waals surface area contributed by atoms with Gasteiger partial charge in [0.2, 0.25) is 5.91 Å². The van der Waals surface area contributed by atoms with Crippen LogP contribution in [0.15, 0.2) is 52.6 Å². The summed E-state index contributed by atoms with van der Waals surface area (Å²) in [6.07, 6.45) is 0.948. The van der Waals surface area contributed by atoms with Crippen molar-refractivity contribution >= 4 is 27.7 Å². The van der Waals surface area contributed by atoms with Crippen LogP contribution in [-0.4, -0.2) is 61.3 Å². The van der Waals surface area contributed by atoms with Crippen LogP contribution in [-0.2, 0) is 25.8 Å². The maximum Gasteiger partial charge on any atom is 0.416 e. The van der Waals surface area contributed by atoms with E-state index >= 15 is 0 Å². The van der Waals surface area contributed by atoms with E-state index in [4.69, 9.17) is 0 Å². The van der Waals surface area contributed by atoms with Crippen molar-refractivity contribution < 1.29 is 31.2 Å². The van der Waals surface area contributed by atoms with Crippen LogP contribution < -0.4 is 5.32 Å². The SMILES string of the molecule is O=C(NC(CN1CCCC1=O)c1cccc(C(F)(F)F)c1)C1=CC=CN2CCS(=O)(=O)N=C12. The van der Waals surface area contributed by atoms with E-state index in [1.54, 1.807) is 12.3 Å². The average molecular weight is 482 g/mol. The zero-order valence-electron chi connectivity index (χ0n) is 17.4. The molecule has 1 aromatic rings. The van der Waals surface area contributed by atoms with Gasteiger partial charge in [0, 0.05) is 32.3 Å². The Morgan fingerprint density at radius 2 is 2.03 bits per heavy atom. The monoisotopic (exact) mass is 482 g/mol. The third-order valence-electron chi connectivity index (χ3n) is 5.60. The van der Waals surface area contributed by atoms with E-state index in [2.05, 4.69) is 9.71 Å². The lowest BCUT2D eigenvalue weighted by atomic mass is 10.0. The van der Waals surface area contributed by atoms with Crippen LogP contribution >= 0.6 is 0 Å². The molecule has 0 saturated carbocycles. The smallest absolute Gasteiger partial charge is 0.343 e. The van der Waals surface area contributed by atoms with E-state index in [0.717, 1.165) is 12.1 Å². The fourth-order valence-corrected chi connectivity index (χ4v) is 4.90. The van der Waals surface area contributed by atoms with Crippen LogP contribution in [0, 0.1) is 0 Å². The van der Waals surface area contributed by atoms with Crippen LogP contribution in [0.3, 0.4) is 0 Å². The molecule has 3 heterocycles. The Bertz CT molecular complexity index is 1170. The fraction of sp³-hybridized carbons (Fsp3) is 0.381. The van der Waals surface area contributed by atoms with Gasteiger partial charge in [0.1, 0.15) is 0 Å². The predicted molar refractivity (Wildman–Crippen MR) is 113 cm³/mol. The standard InChI is InChI=1S/C21H21F3N4O4S/c22-21(23,24)15-5-1-4-14(12-15)17(13-28-9-3-7-18(28)29)25-20(30)16-6-2-8-27-10-11-33(31,32)26-19(16)27/h1-2,4-6,8,12,17H,3,7,9-11,13H2,(H,25,30). The average Bonchev–Trinajstić information content (AvgIpc) is 3.16. The summed E-state index contributed by atoms with van der Waals surface area (Å²) >= 11 is 0. The molecule has 1 saturated heterocycles. The zero-order valence-corrected chi connectivity index (χ0v) is 18.2. The van der Waals surface area contributed by atoms with Crippen molar-refractivity contribution in [1.82, 2.24) is 15.1 Å². The highest BCUT2D eigenvalue weighted by Gasteiger charge is 2.34. The molecule has 4 rings (SSSR count). The summed E-state index contributed by atoms with van der Waals surface area (Å²) < 4.78 is 67.4. The number of rotatable bonds is 5. The maximum absolute atomic E-state index is 13.3. The molecule has 0 aliphatic carbocycles. The number of amidine groups is 1. The summed E-state index contributed by atoms with van der Waals surface area (Å²) in [4.78, 5) is 28.3. The lowest BCUT2D eigenvalue weighted by Gasteiger charge is -2.30. The van der Waals surface area contributed by atoms with E-state index < -0.39 is 33.7 Å². The lowest BCUT2D eigenvalue weighted by Crippen LogP contribution is -2.44. The zero-order chi connectivity index (χ0) is 23.8. The molecule has 1 unspecified atom stereocenters. The first-order chi connectivity index (χ1) is 15.5. The number of halogens is 3. The molecule has 1 fully saturated rings. The Balaban J connectivity index is 1.65. The molecule has 0 aromatic heterocycles. The molecular weight excluding hydrogens is 461 g/mol. The summed E-state index contributed by atoms with van der Waals surface area (Å²) in [5, 5.41) is 2.68. The third kappa shape index (κ3) is 5.10. The van der Waals surface area contributed by atoms with E-state index in [1.165, 1.54) is 28.0 Å². The van der Waals surface area contributed by atoms with Gasteiger partial charge in [-0.1, -0.05) is 12.1 Å². The van der Waals surface area contributed by atoms with Crippen molar-refractivity contribution in [2.45, 2.75) is 25.1 Å². The number of hydrogen-bond acceptors (Lipinski definition) is 5. The quantitative estimate of drug-likeness (QED) is 0.692. The molecular formula is C21H21F3N4O4S. The Morgan fingerprint density at radius 1 is 1.24 bits per heavy atom. The molecule has 12 heteroatoms. The number of sulfonamides is 1. The van der Waals surface area contributed by atoms with Crippen LogP contribution in [0.1, 0.15) is 30.0 Å². The second-order valence-corrected chi connectivity index (χ2v) is 9.66. The number of alkyl halides is 3. The fourth-order valence-electron chi connectivity index (χ4n) is 3.91. The summed E-state index contributed by atoms with van der Waals surface area (Å²) in [5.74, 6) is -1.08. The number of carbonyl (C=O) groups is 2. The van der Waals surface area contributed by atoms with Crippen LogP contribution in [0.2, 0.25) is 0 Å². The molecule has 3 aliphatic heterocycles. The van der Waals surface area contributed by atoms with Crippen molar-refractivity contribution in [3.63, 3.8) is 0 Å². The first-order valence-corrected chi connectivity index (χ1v) is 11.9. The largest absolute Gasteiger partial charge is 0.416 e. The Morgan fingerprint density at radius 3 is 2.73 bits per heavy atom. The van der Waals surface area contributed by atoms with E-state index in [9.17, 15) is 31.2 Å². The molecule has 1 aromatic carbocycles. The van der Waals surface area contributed by atoms with Crippen molar-refractivity contribution in [1.29, 1.82) is 0 Å². The van der Waals surface area contributed by atoms with Gasteiger partial charge < -0.3 is 15.1 Å². The van der Waals surface area contributed by atoms with E-state index in [0.29, 0.717) is 19.4 Å². The van der Waals surface area contributed by atoms with Gasteiger partial charge in [0.05, 0.1) is 22.9 Å². The van der Waals surface area contributed by atoms with Crippen LogP contribution in [0.25, 0.3) is 0 Å². The maximum atomic E-state index is 13.3. The van der Waals surface area contributed by atoms with Crippen molar-refractivity contribution in [3.05, 3.63) is 59.3 Å². The van der Waals surface area contributed by atoms with Gasteiger partial charge in [0.15, 0.2) is 5.84 Å². The highest BCUT2D eigenvalue weighted by molar-refractivity contribution is 7.90. The van der Waals surface area contributed by atoms with Crippen molar-refractivity contribution in [3.8, 4) is 0 Å². The molecule has 1 atom stereocenters. The van der Waals surface area contributed by atoms with E-state index in [-0.39, 0.29) is 41.7 Å². The number of fused-ring (bicyclic) bond motifs is 1. The highest BCUT2D eigenvalue weighted by Crippen LogP contribution is 2.31. The molecule has 1 N–H and O–H groups in total. The number of benzene rings is 1. The number of amides is 2. The second kappa shape index (κ2) is 8.65. The summed E-state index contributed by atoms with van der Waals surface area (Å²) in [7, 11) is -3.73. The van der Waals surface area contributed by atoms with Crippen molar-refractivity contribution in [2.75, 3.05) is 25.4 Å². The normalized spacial score (nSPS) is 20.8. The Labute approximate surface area is 188 Å². The number of nitrogens with one attached hydrogen (secondary N) is 1. The van der Waals surface area contributed by atoms with Crippen molar-refractivity contribution in [2.24, 2.45) is 4.40 Å². The number of carbonyl (C=O) groups excluding carboxylic acids is 2. The van der Waals surface area contributed by atoms with Gasteiger partial charge in [-0.3, -0.25) is 9.59 Å². The summed E-state index contributed by atoms with van der Waals surface area (Å²) in [5.41, 5.74) is -0.717. The first kappa shape index (κ1) is 23.0. The minimum Gasteiger partial charge on any atom is -0.343 e. The Hall–Kier alpha value is -3.15. The first-order valence-electron chi connectivity index (χ1n) is 10.3. The third-order valence-corrected chi connectivity index (χ3v) is 6.75. The molecule has 8 nitrogen and oxygen atoms in total. The minimum atomic E-state index is -4.57. The van der Waals surface area contributed by atoms with Gasteiger partial charge in [-0.05, 0) is 36.3 Å². The van der Waals surface area contributed by atoms with Gasteiger partial charge in [-0.2, -0.15) is 13.2 Å². The number of allylic oxidation sites excluding steroid dienone is 2. The molecule has 176 valence electrons. The van der Waals surface area contributed by atoms with Gasteiger partial charge in [-0.25, -0.2) is 8.42 Å².